The Labute approximate surface area is 118 Å². The smallest absolute Gasteiger partial charge is 0.0205 e. The lowest BCUT2D eigenvalue weighted by molar-refractivity contribution is -0.0607. The molecule has 0 radical (unpaired) electrons. The molecule has 1 N–H and O–H groups in total. The molecule has 3 saturated heterocycles. The summed E-state index contributed by atoms with van der Waals surface area (Å²) in [5, 5.41) is 3.47. The molecule has 19 heavy (non-hydrogen) atoms. The Bertz CT molecular complexity index is 306. The number of likely N-dealkylation sites (tertiary alicyclic amines) is 2. The molecular formula is C16H31N3. The Kier molecular flexibility index (Phi) is 3.65. The highest BCUT2D eigenvalue weighted by atomic mass is 15.3. The average molecular weight is 265 g/mol. The van der Waals surface area contributed by atoms with E-state index in [1.807, 2.05) is 0 Å². The quantitative estimate of drug-likeness (QED) is 0.836. The van der Waals surface area contributed by atoms with Gasteiger partial charge in [0.05, 0.1) is 0 Å². The lowest BCUT2D eigenvalue weighted by Gasteiger charge is -2.57. The zero-order chi connectivity index (χ0) is 13.5. The lowest BCUT2D eigenvalue weighted by atomic mass is 9.71. The molecule has 0 atom stereocenters. The first-order chi connectivity index (χ1) is 9.06. The van der Waals surface area contributed by atoms with E-state index in [9.17, 15) is 0 Å². The molecule has 3 fully saturated rings. The molecular weight excluding hydrogens is 234 g/mol. The van der Waals surface area contributed by atoms with E-state index >= 15 is 0 Å². The molecule has 3 rings (SSSR count). The number of hydrogen-bond donors (Lipinski definition) is 1. The summed E-state index contributed by atoms with van der Waals surface area (Å²) >= 11 is 0. The Hall–Kier alpha value is -0.120. The van der Waals surface area contributed by atoms with Crippen molar-refractivity contribution in [3.63, 3.8) is 0 Å². The van der Waals surface area contributed by atoms with Gasteiger partial charge in [-0.3, -0.25) is 4.90 Å². The molecule has 0 saturated carbocycles. The van der Waals surface area contributed by atoms with Gasteiger partial charge in [-0.1, -0.05) is 6.92 Å². The van der Waals surface area contributed by atoms with E-state index in [2.05, 4.69) is 35.9 Å². The predicted molar refractivity (Wildman–Crippen MR) is 80.4 cm³/mol. The van der Waals surface area contributed by atoms with Crippen LogP contribution in [0.5, 0.6) is 0 Å². The van der Waals surface area contributed by atoms with Gasteiger partial charge >= 0.3 is 0 Å². The van der Waals surface area contributed by atoms with Crippen LogP contribution in [0.25, 0.3) is 0 Å². The third-order valence-corrected chi connectivity index (χ3v) is 6.14. The molecule has 3 nitrogen and oxygen atoms in total. The van der Waals surface area contributed by atoms with Crippen molar-refractivity contribution >= 4 is 0 Å². The first-order valence-corrected chi connectivity index (χ1v) is 8.24. The Balaban J connectivity index is 1.51. The second-order valence-corrected chi connectivity index (χ2v) is 7.70. The van der Waals surface area contributed by atoms with Crippen LogP contribution in [0.1, 0.15) is 40.0 Å². The summed E-state index contributed by atoms with van der Waals surface area (Å²) in [4.78, 5) is 5.40. The highest BCUT2D eigenvalue weighted by Gasteiger charge is 2.46. The minimum Gasteiger partial charge on any atom is -0.316 e. The van der Waals surface area contributed by atoms with E-state index in [1.54, 1.807) is 0 Å². The van der Waals surface area contributed by atoms with Crippen LogP contribution in [-0.2, 0) is 0 Å². The molecule has 0 aromatic rings. The van der Waals surface area contributed by atoms with Crippen LogP contribution in [-0.4, -0.2) is 61.2 Å². The summed E-state index contributed by atoms with van der Waals surface area (Å²) < 4.78 is 0. The van der Waals surface area contributed by atoms with Crippen molar-refractivity contribution in [3.8, 4) is 0 Å². The van der Waals surface area contributed by atoms with Gasteiger partial charge in [-0.05, 0) is 58.2 Å². The van der Waals surface area contributed by atoms with Gasteiger partial charge in [0, 0.05) is 37.6 Å². The summed E-state index contributed by atoms with van der Waals surface area (Å²) in [6.07, 6.45) is 4.12. The second-order valence-electron chi connectivity index (χ2n) is 7.70. The van der Waals surface area contributed by atoms with Crippen LogP contribution < -0.4 is 5.32 Å². The van der Waals surface area contributed by atoms with Crippen LogP contribution in [0.4, 0.5) is 0 Å². The van der Waals surface area contributed by atoms with Crippen molar-refractivity contribution in [2.75, 3.05) is 45.8 Å². The van der Waals surface area contributed by atoms with Crippen LogP contribution in [0.2, 0.25) is 0 Å². The Morgan fingerprint density at radius 1 is 1.16 bits per heavy atom. The first kappa shape index (κ1) is 13.8. The molecule has 0 aromatic heterocycles. The summed E-state index contributed by atoms with van der Waals surface area (Å²) in [5.41, 5.74) is 1.09. The van der Waals surface area contributed by atoms with E-state index in [0.717, 1.165) is 5.92 Å². The fourth-order valence-electron chi connectivity index (χ4n) is 4.16. The minimum absolute atomic E-state index is 0.406. The number of nitrogens with one attached hydrogen (secondary N) is 1. The van der Waals surface area contributed by atoms with Crippen molar-refractivity contribution in [1.29, 1.82) is 0 Å². The first-order valence-electron chi connectivity index (χ1n) is 8.24. The average Bonchev–Trinajstić information content (AvgIpc) is 2.31. The summed E-state index contributed by atoms with van der Waals surface area (Å²) in [6, 6.07) is 0. The van der Waals surface area contributed by atoms with Crippen molar-refractivity contribution in [1.82, 2.24) is 15.1 Å². The number of piperidine rings is 1. The fourth-order valence-corrected chi connectivity index (χ4v) is 4.16. The summed E-state index contributed by atoms with van der Waals surface area (Å²) in [5.74, 6) is 0.882. The maximum absolute atomic E-state index is 3.47. The number of rotatable bonds is 4. The number of hydrogen-bond acceptors (Lipinski definition) is 3. The standard InChI is InChI=1S/C16H31N3/c1-4-7-18-10-14(11-18)15(2,3)19-8-5-16(6-9-19)12-17-13-16/h14,17H,4-13H2,1-3H3. The summed E-state index contributed by atoms with van der Waals surface area (Å²) in [7, 11) is 0. The topological polar surface area (TPSA) is 18.5 Å². The van der Waals surface area contributed by atoms with Gasteiger partial charge in [-0.25, -0.2) is 0 Å². The van der Waals surface area contributed by atoms with Gasteiger partial charge in [-0.15, -0.1) is 0 Å². The second kappa shape index (κ2) is 5.01. The largest absolute Gasteiger partial charge is 0.316 e. The Morgan fingerprint density at radius 2 is 1.79 bits per heavy atom. The summed E-state index contributed by atoms with van der Waals surface area (Å²) in [6.45, 7) is 16.4. The van der Waals surface area contributed by atoms with Crippen molar-refractivity contribution in [2.24, 2.45) is 11.3 Å². The normalized spacial score (nSPS) is 29.2. The maximum Gasteiger partial charge on any atom is 0.0205 e. The van der Waals surface area contributed by atoms with Crippen LogP contribution in [0.15, 0.2) is 0 Å². The van der Waals surface area contributed by atoms with Gasteiger partial charge in [-0.2, -0.15) is 0 Å². The van der Waals surface area contributed by atoms with Gasteiger partial charge in [0.1, 0.15) is 0 Å². The molecule has 0 aliphatic carbocycles. The third-order valence-electron chi connectivity index (χ3n) is 6.14. The molecule has 0 aromatic carbocycles. The van der Waals surface area contributed by atoms with Crippen molar-refractivity contribution in [3.05, 3.63) is 0 Å². The highest BCUT2D eigenvalue weighted by Crippen LogP contribution is 2.40. The van der Waals surface area contributed by atoms with Crippen molar-refractivity contribution in [2.45, 2.75) is 45.6 Å². The van der Waals surface area contributed by atoms with Gasteiger partial charge in [0.25, 0.3) is 0 Å². The van der Waals surface area contributed by atoms with Crippen LogP contribution in [0, 0.1) is 11.3 Å². The third kappa shape index (κ3) is 2.45. The molecule has 0 bridgehead atoms. The zero-order valence-electron chi connectivity index (χ0n) is 13.0. The monoisotopic (exact) mass is 265 g/mol. The number of nitrogens with zero attached hydrogens (tertiary/aromatic N) is 2. The van der Waals surface area contributed by atoms with E-state index < -0.39 is 0 Å². The minimum atomic E-state index is 0.406. The molecule has 0 unspecified atom stereocenters. The van der Waals surface area contributed by atoms with Crippen LogP contribution in [0.3, 0.4) is 0 Å². The molecule has 3 aliphatic rings. The SMILES string of the molecule is CCCN1CC(C(C)(C)N2CCC3(CC2)CNC3)C1. The lowest BCUT2D eigenvalue weighted by Crippen LogP contribution is -2.66. The molecule has 0 amide bonds. The van der Waals surface area contributed by atoms with E-state index in [4.69, 9.17) is 0 Å². The Morgan fingerprint density at radius 3 is 2.26 bits per heavy atom. The highest BCUT2D eigenvalue weighted by molar-refractivity contribution is 5.02. The maximum atomic E-state index is 3.47. The van der Waals surface area contributed by atoms with Crippen LogP contribution >= 0.6 is 0 Å². The van der Waals surface area contributed by atoms with Gasteiger partial charge < -0.3 is 10.2 Å². The van der Waals surface area contributed by atoms with Gasteiger partial charge in [0.15, 0.2) is 0 Å². The van der Waals surface area contributed by atoms with E-state index in [0.29, 0.717) is 11.0 Å². The zero-order valence-corrected chi connectivity index (χ0v) is 13.0. The van der Waals surface area contributed by atoms with E-state index in [-0.39, 0.29) is 0 Å². The molecule has 3 heterocycles. The predicted octanol–water partition coefficient (Wildman–Crippen LogP) is 1.79. The van der Waals surface area contributed by atoms with E-state index in [1.165, 1.54) is 65.1 Å². The molecule has 3 heteroatoms. The fraction of sp³-hybridized carbons (Fsp3) is 1.00. The molecule has 3 aliphatic heterocycles. The van der Waals surface area contributed by atoms with Gasteiger partial charge in [0.2, 0.25) is 0 Å². The molecule has 1 spiro atoms. The molecule has 110 valence electrons. The van der Waals surface area contributed by atoms with Crippen molar-refractivity contribution < 1.29 is 0 Å².